The van der Waals surface area contributed by atoms with Gasteiger partial charge in [-0.15, -0.1) is 0 Å². The molecule has 31 heavy (non-hydrogen) atoms. The molecule has 1 aliphatic heterocycles. The van der Waals surface area contributed by atoms with Gasteiger partial charge in [0, 0.05) is 17.5 Å². The van der Waals surface area contributed by atoms with Gasteiger partial charge in [-0.05, 0) is 48.7 Å². The van der Waals surface area contributed by atoms with Crippen LogP contribution in [0, 0.1) is 18.3 Å². The van der Waals surface area contributed by atoms with Crippen LogP contribution in [0.15, 0.2) is 42.5 Å². The van der Waals surface area contributed by atoms with E-state index in [4.69, 9.17) is 16.9 Å². The molecule has 1 aromatic heterocycles. The first kappa shape index (κ1) is 21.1. The predicted molar refractivity (Wildman–Crippen MR) is 118 cm³/mol. The maximum Gasteiger partial charge on any atom is 0.254 e. The summed E-state index contributed by atoms with van der Waals surface area (Å²) in [5.41, 5.74) is 2.30. The van der Waals surface area contributed by atoms with E-state index < -0.39 is 5.67 Å². The second-order valence-electron chi connectivity index (χ2n) is 7.94. The molecule has 1 N–H and O–H groups in total. The molecule has 0 bridgehead atoms. The highest BCUT2D eigenvalue weighted by Gasteiger charge is 2.47. The Bertz CT molecular complexity index is 1170. The number of nitrogens with zero attached hydrogens (tertiary/aromatic N) is 3. The number of aryl methyl sites for hydroxylation is 2. The van der Waals surface area contributed by atoms with E-state index in [-0.39, 0.29) is 19.0 Å². The Hall–Kier alpha value is -3.17. The van der Waals surface area contributed by atoms with Gasteiger partial charge in [0.1, 0.15) is 5.82 Å². The maximum absolute atomic E-state index is 15.2. The first-order valence-electron chi connectivity index (χ1n) is 10.2. The number of likely N-dealkylation sites (tertiary alicyclic amines) is 1. The summed E-state index contributed by atoms with van der Waals surface area (Å²) in [6.45, 7) is 3.97. The molecular formula is C24H22ClFN4O. The fourth-order valence-corrected chi connectivity index (χ4v) is 4.12. The Labute approximate surface area is 185 Å². The number of nitrogens with one attached hydrogen (secondary N) is 1. The van der Waals surface area contributed by atoms with Crippen molar-refractivity contribution >= 4 is 17.5 Å². The van der Waals surface area contributed by atoms with Crippen LogP contribution in [0.25, 0.3) is 11.3 Å². The van der Waals surface area contributed by atoms with Crippen molar-refractivity contribution in [1.29, 1.82) is 5.26 Å². The van der Waals surface area contributed by atoms with Crippen molar-refractivity contribution in [3.63, 3.8) is 0 Å². The van der Waals surface area contributed by atoms with Crippen molar-refractivity contribution in [3.8, 4) is 17.3 Å². The molecule has 1 aliphatic rings. The van der Waals surface area contributed by atoms with Gasteiger partial charge in [0.2, 0.25) is 0 Å². The van der Waals surface area contributed by atoms with Crippen LogP contribution in [0.5, 0.6) is 0 Å². The fourth-order valence-electron chi connectivity index (χ4n) is 3.87. The van der Waals surface area contributed by atoms with Crippen LogP contribution in [0.3, 0.4) is 0 Å². The van der Waals surface area contributed by atoms with Gasteiger partial charge in [-0.1, -0.05) is 36.7 Å². The van der Waals surface area contributed by atoms with Gasteiger partial charge >= 0.3 is 0 Å². The number of H-pyrrole nitrogens is 1. The molecule has 0 saturated carbocycles. The number of hydrogen-bond acceptors (Lipinski definition) is 3. The van der Waals surface area contributed by atoms with E-state index in [0.717, 1.165) is 29.8 Å². The Morgan fingerprint density at radius 2 is 2.00 bits per heavy atom. The molecule has 158 valence electrons. The van der Waals surface area contributed by atoms with Crippen molar-refractivity contribution in [1.82, 2.24) is 14.9 Å². The fraction of sp³-hybridized carbons (Fsp3) is 0.292. The van der Waals surface area contributed by atoms with Crippen molar-refractivity contribution < 1.29 is 9.18 Å². The van der Waals surface area contributed by atoms with Crippen molar-refractivity contribution in [2.75, 3.05) is 13.1 Å². The van der Waals surface area contributed by atoms with Gasteiger partial charge in [-0.25, -0.2) is 9.37 Å². The average Bonchev–Trinajstić information content (AvgIpc) is 3.11. The van der Waals surface area contributed by atoms with Gasteiger partial charge in [-0.3, -0.25) is 4.79 Å². The number of rotatable bonds is 5. The highest BCUT2D eigenvalue weighted by Crippen LogP contribution is 2.37. The number of benzene rings is 2. The molecule has 0 atom stereocenters. The number of carbonyl (C=O) groups is 1. The highest BCUT2D eigenvalue weighted by atomic mass is 35.5. The lowest BCUT2D eigenvalue weighted by atomic mass is 9.87. The van der Waals surface area contributed by atoms with E-state index >= 15 is 4.39 Å². The Morgan fingerprint density at radius 1 is 1.29 bits per heavy atom. The van der Waals surface area contributed by atoms with E-state index in [1.807, 2.05) is 19.1 Å². The molecule has 2 heterocycles. The normalized spacial score (nSPS) is 14.7. The summed E-state index contributed by atoms with van der Waals surface area (Å²) in [7, 11) is 0. The minimum absolute atomic E-state index is 0.0214. The molecule has 0 unspecified atom stereocenters. The third-order valence-corrected chi connectivity index (χ3v) is 5.92. The van der Waals surface area contributed by atoms with Crippen LogP contribution < -0.4 is 0 Å². The lowest BCUT2D eigenvalue weighted by Gasteiger charge is -2.44. The molecule has 1 saturated heterocycles. The molecular weight excluding hydrogens is 415 g/mol. The summed E-state index contributed by atoms with van der Waals surface area (Å²) in [6, 6.07) is 13.8. The number of hydrogen-bond donors (Lipinski definition) is 1. The molecule has 1 amide bonds. The Kier molecular flexibility index (Phi) is 5.55. The van der Waals surface area contributed by atoms with Crippen molar-refractivity contribution in [2.45, 2.75) is 32.4 Å². The third kappa shape index (κ3) is 3.94. The predicted octanol–water partition coefficient (Wildman–Crippen LogP) is 5.18. The molecule has 7 heteroatoms. The zero-order chi connectivity index (χ0) is 22.2. The van der Waals surface area contributed by atoms with E-state index in [9.17, 15) is 4.79 Å². The Morgan fingerprint density at radius 3 is 2.65 bits per heavy atom. The number of nitriles is 1. The van der Waals surface area contributed by atoms with E-state index in [0.29, 0.717) is 27.5 Å². The standard InChI is InChI=1S/C24H22ClFN4O/c1-3-4-20-28-21(22(25)29-20)19-11-17(8-5-15(19)2)23(31)30-13-24(26,14-30)18-9-6-16(12-27)7-10-18/h5-11H,3-4,13-14H2,1-2H3,(H,28,29). The zero-order valence-electron chi connectivity index (χ0n) is 17.4. The monoisotopic (exact) mass is 436 g/mol. The molecule has 4 rings (SSSR count). The Balaban J connectivity index is 1.54. The van der Waals surface area contributed by atoms with Crippen LogP contribution in [0.4, 0.5) is 4.39 Å². The summed E-state index contributed by atoms with van der Waals surface area (Å²) in [5.74, 6) is 0.582. The molecule has 3 aromatic rings. The van der Waals surface area contributed by atoms with Gasteiger partial charge in [0.25, 0.3) is 5.91 Å². The van der Waals surface area contributed by atoms with Gasteiger partial charge in [0.15, 0.2) is 10.8 Å². The number of aromatic amines is 1. The average molecular weight is 437 g/mol. The second kappa shape index (κ2) is 8.16. The largest absolute Gasteiger partial charge is 0.341 e. The topological polar surface area (TPSA) is 72.8 Å². The molecule has 1 fully saturated rings. The number of carbonyl (C=O) groups excluding carboxylic acids is 1. The molecule has 2 aromatic carbocycles. The quantitative estimate of drug-likeness (QED) is 0.598. The minimum Gasteiger partial charge on any atom is -0.341 e. The first-order valence-corrected chi connectivity index (χ1v) is 10.6. The number of imidazole rings is 1. The molecule has 0 aliphatic carbocycles. The number of halogens is 2. The third-order valence-electron chi connectivity index (χ3n) is 5.65. The number of alkyl halides is 1. The van der Waals surface area contributed by atoms with Gasteiger partial charge < -0.3 is 9.88 Å². The molecule has 5 nitrogen and oxygen atoms in total. The van der Waals surface area contributed by atoms with Crippen molar-refractivity contribution in [3.05, 3.63) is 75.7 Å². The van der Waals surface area contributed by atoms with Crippen LogP contribution in [-0.4, -0.2) is 33.9 Å². The number of aromatic nitrogens is 2. The lowest BCUT2D eigenvalue weighted by molar-refractivity contribution is -0.0231. The van der Waals surface area contributed by atoms with Crippen molar-refractivity contribution in [2.24, 2.45) is 0 Å². The smallest absolute Gasteiger partial charge is 0.254 e. The van der Waals surface area contributed by atoms with Gasteiger partial charge in [0.05, 0.1) is 30.4 Å². The van der Waals surface area contributed by atoms with Crippen LogP contribution >= 0.6 is 11.6 Å². The summed E-state index contributed by atoms with van der Waals surface area (Å²) < 4.78 is 15.2. The van der Waals surface area contributed by atoms with E-state index in [1.165, 1.54) is 4.90 Å². The number of amides is 1. The maximum atomic E-state index is 15.2. The minimum atomic E-state index is -1.60. The van der Waals surface area contributed by atoms with Crippen LogP contribution in [0.2, 0.25) is 5.15 Å². The zero-order valence-corrected chi connectivity index (χ0v) is 18.1. The summed E-state index contributed by atoms with van der Waals surface area (Å²) >= 11 is 6.34. The molecule has 0 radical (unpaired) electrons. The van der Waals surface area contributed by atoms with E-state index in [1.54, 1.807) is 36.4 Å². The summed E-state index contributed by atoms with van der Waals surface area (Å²) in [4.78, 5) is 22.1. The van der Waals surface area contributed by atoms with Crippen LogP contribution in [-0.2, 0) is 12.1 Å². The van der Waals surface area contributed by atoms with Crippen LogP contribution in [0.1, 0.15) is 46.2 Å². The highest BCUT2D eigenvalue weighted by molar-refractivity contribution is 6.32. The SMILES string of the molecule is CCCc1nc(Cl)c(-c2cc(C(=O)N3CC(F)(c4ccc(C#N)cc4)C3)ccc2C)[nH]1. The van der Waals surface area contributed by atoms with Gasteiger partial charge in [-0.2, -0.15) is 5.26 Å². The second-order valence-corrected chi connectivity index (χ2v) is 8.30. The summed E-state index contributed by atoms with van der Waals surface area (Å²) in [5, 5.41) is 9.28. The lowest BCUT2D eigenvalue weighted by Crippen LogP contribution is -2.58. The molecule has 0 spiro atoms. The van der Waals surface area contributed by atoms with E-state index in [2.05, 4.69) is 16.9 Å². The first-order chi connectivity index (χ1) is 14.8. The summed E-state index contributed by atoms with van der Waals surface area (Å²) in [6.07, 6.45) is 1.74.